The molecule has 0 aromatic rings. The van der Waals surface area contributed by atoms with Gasteiger partial charge in [0.2, 0.25) is 0 Å². The Morgan fingerprint density at radius 2 is 0.490 bits per heavy atom. The van der Waals surface area contributed by atoms with Gasteiger partial charge in [-0.1, -0.05) is 363 Å². The van der Waals surface area contributed by atoms with Gasteiger partial charge in [0, 0.05) is 25.7 Å². The minimum absolute atomic E-state index is 0.106. The Hall–Kier alpha value is -1.94. The second-order valence-electron chi connectivity index (χ2n) is 28.9. The van der Waals surface area contributed by atoms with E-state index in [1.165, 1.54) is 231 Å². The molecule has 0 amide bonds. The summed E-state index contributed by atoms with van der Waals surface area (Å²) in [6.45, 7) is 9.66. The normalized spacial score (nSPS) is 14.5. The molecule has 19 heteroatoms. The van der Waals surface area contributed by atoms with E-state index in [0.717, 1.165) is 102 Å². The quantitative estimate of drug-likeness (QED) is 0.0222. The van der Waals surface area contributed by atoms with Crippen LogP contribution in [-0.4, -0.2) is 96.7 Å². The smallest absolute Gasteiger partial charge is 0.462 e. The van der Waals surface area contributed by atoms with Crippen LogP contribution in [0.3, 0.4) is 0 Å². The molecular formula is C79H154O17P2. The van der Waals surface area contributed by atoms with Crippen molar-refractivity contribution in [2.75, 3.05) is 39.6 Å². The molecule has 0 heterocycles. The second-order valence-corrected chi connectivity index (χ2v) is 31.8. The predicted octanol–water partition coefficient (Wildman–Crippen LogP) is 23.5. The van der Waals surface area contributed by atoms with Gasteiger partial charge in [-0.15, -0.1) is 0 Å². The number of phosphoric ester groups is 2. The average Bonchev–Trinajstić information content (AvgIpc) is 1.04. The zero-order valence-corrected chi connectivity index (χ0v) is 65.9. The molecule has 0 spiro atoms. The predicted molar refractivity (Wildman–Crippen MR) is 400 cm³/mol. The molecule has 0 saturated heterocycles. The highest BCUT2D eigenvalue weighted by molar-refractivity contribution is 7.47. The third-order valence-electron chi connectivity index (χ3n) is 19.2. The van der Waals surface area contributed by atoms with Crippen molar-refractivity contribution >= 4 is 39.5 Å². The fraction of sp³-hybridized carbons (Fsp3) is 0.949. The van der Waals surface area contributed by atoms with E-state index in [-0.39, 0.29) is 25.7 Å². The number of esters is 4. The molecule has 0 radical (unpaired) electrons. The van der Waals surface area contributed by atoms with E-state index in [1.807, 2.05) is 0 Å². The van der Waals surface area contributed by atoms with Crippen molar-refractivity contribution in [2.45, 2.75) is 432 Å². The van der Waals surface area contributed by atoms with Crippen LogP contribution in [0.25, 0.3) is 0 Å². The van der Waals surface area contributed by atoms with Crippen molar-refractivity contribution in [1.82, 2.24) is 0 Å². The molecule has 0 rings (SSSR count). The summed E-state index contributed by atoms with van der Waals surface area (Å²) in [4.78, 5) is 73.0. The first kappa shape index (κ1) is 96.1. The molecule has 0 aromatic heterocycles. The Labute approximate surface area is 600 Å². The first-order valence-electron chi connectivity index (χ1n) is 41.1. The molecular weight excluding hydrogens is 1280 g/mol. The van der Waals surface area contributed by atoms with Crippen molar-refractivity contribution in [3.63, 3.8) is 0 Å². The lowest BCUT2D eigenvalue weighted by Gasteiger charge is -2.21. The SMILES string of the molecule is CCCCCCCCCCCCCCCCCCC(=O)OC[C@H](COP(=O)(O)OC[C@@H](O)COP(=O)(O)OC[C@@H](COC(=O)CCCCCCCCCCC(C)CC)OC(=O)CCCCCCCCCCCCC(C)CC)OC(=O)CCCCCCCCCCCCCCCCCC. The Balaban J connectivity index is 5.27. The molecule has 17 nitrogen and oxygen atoms in total. The van der Waals surface area contributed by atoms with Crippen molar-refractivity contribution in [1.29, 1.82) is 0 Å². The number of rotatable bonds is 78. The minimum atomic E-state index is -4.96. The topological polar surface area (TPSA) is 237 Å². The molecule has 0 aromatic carbocycles. The maximum atomic E-state index is 13.1. The van der Waals surface area contributed by atoms with E-state index in [4.69, 9.17) is 37.0 Å². The van der Waals surface area contributed by atoms with Gasteiger partial charge in [0.15, 0.2) is 12.2 Å². The van der Waals surface area contributed by atoms with E-state index in [0.29, 0.717) is 25.7 Å². The van der Waals surface area contributed by atoms with Gasteiger partial charge in [0.25, 0.3) is 0 Å². The first-order valence-corrected chi connectivity index (χ1v) is 44.1. The standard InChI is InChI=1S/C79H154O17P2/c1-7-11-13-15-17-19-21-23-25-27-29-31-36-43-49-55-61-76(81)89-67-74(95-78(83)63-57-51-45-37-32-30-28-26-24-22-20-18-16-14-12-8-2)69-93-97(85,86)91-65-73(80)66-92-98(87,88)94-70-75(68-90-77(82)62-56-50-44-40-39-42-48-54-60-72(6)10-4)96-79(84)64-58-52-46-38-34-33-35-41-47-53-59-71(5)9-3/h71-75,80H,7-70H2,1-6H3,(H,85,86)(H,87,88)/t71?,72?,73-,74-,75-/m1/s1. The van der Waals surface area contributed by atoms with E-state index >= 15 is 0 Å². The fourth-order valence-corrected chi connectivity index (χ4v) is 13.7. The summed E-state index contributed by atoms with van der Waals surface area (Å²) in [6.07, 6.45) is 59.4. The Kier molecular flexibility index (Phi) is 69.3. The number of hydrogen-bond acceptors (Lipinski definition) is 15. The average molecular weight is 1440 g/mol. The lowest BCUT2D eigenvalue weighted by atomic mass is 9.99. The van der Waals surface area contributed by atoms with Gasteiger partial charge in [-0.2, -0.15) is 0 Å². The molecule has 4 unspecified atom stereocenters. The molecule has 0 saturated carbocycles. The monoisotopic (exact) mass is 1440 g/mol. The maximum Gasteiger partial charge on any atom is 0.472 e. The van der Waals surface area contributed by atoms with Crippen molar-refractivity contribution < 1.29 is 80.2 Å². The van der Waals surface area contributed by atoms with Crippen molar-refractivity contribution in [3.8, 4) is 0 Å². The summed E-state index contributed by atoms with van der Waals surface area (Å²) >= 11 is 0. The van der Waals surface area contributed by atoms with Gasteiger partial charge in [0.1, 0.15) is 19.3 Å². The highest BCUT2D eigenvalue weighted by Crippen LogP contribution is 2.45. The van der Waals surface area contributed by atoms with Crippen LogP contribution in [-0.2, 0) is 65.4 Å². The van der Waals surface area contributed by atoms with Crippen LogP contribution in [0.1, 0.15) is 414 Å². The van der Waals surface area contributed by atoms with Crippen LogP contribution in [0.5, 0.6) is 0 Å². The molecule has 3 N–H and O–H groups in total. The Bertz CT molecular complexity index is 1890. The van der Waals surface area contributed by atoms with Crippen molar-refractivity contribution in [3.05, 3.63) is 0 Å². The molecule has 0 aliphatic heterocycles. The van der Waals surface area contributed by atoms with Gasteiger partial charge < -0.3 is 33.8 Å². The molecule has 7 atom stereocenters. The van der Waals surface area contributed by atoms with Gasteiger partial charge >= 0.3 is 39.5 Å². The zero-order valence-electron chi connectivity index (χ0n) is 64.1. The summed E-state index contributed by atoms with van der Waals surface area (Å²) in [5, 5.41) is 10.6. The number of hydrogen-bond donors (Lipinski definition) is 3. The number of unbranched alkanes of at least 4 members (excludes halogenated alkanes) is 46. The van der Waals surface area contributed by atoms with E-state index < -0.39 is 97.5 Å². The van der Waals surface area contributed by atoms with Crippen LogP contribution < -0.4 is 0 Å². The number of carbonyl (C=O) groups excluding carboxylic acids is 4. The lowest BCUT2D eigenvalue weighted by molar-refractivity contribution is -0.161. The third kappa shape index (κ3) is 69.8. The van der Waals surface area contributed by atoms with Crippen LogP contribution >= 0.6 is 15.6 Å². The first-order chi connectivity index (χ1) is 47.4. The largest absolute Gasteiger partial charge is 0.472 e. The summed E-state index contributed by atoms with van der Waals surface area (Å²) in [5.74, 6) is -0.529. The van der Waals surface area contributed by atoms with E-state index in [2.05, 4.69) is 41.5 Å². The number of phosphoric acid groups is 2. The highest BCUT2D eigenvalue weighted by atomic mass is 31.2. The summed E-state index contributed by atoms with van der Waals surface area (Å²) in [5.41, 5.74) is 0. The Morgan fingerprint density at radius 1 is 0.286 bits per heavy atom. The zero-order chi connectivity index (χ0) is 72.1. The minimum Gasteiger partial charge on any atom is -0.462 e. The number of aliphatic hydroxyl groups excluding tert-OH is 1. The molecule has 582 valence electrons. The summed E-state index contributed by atoms with van der Waals surface area (Å²) in [7, 11) is -9.92. The number of aliphatic hydroxyl groups is 1. The molecule has 0 aliphatic rings. The van der Waals surface area contributed by atoms with Crippen LogP contribution in [0.2, 0.25) is 0 Å². The van der Waals surface area contributed by atoms with E-state index in [9.17, 15) is 43.2 Å². The van der Waals surface area contributed by atoms with Crippen LogP contribution in [0.4, 0.5) is 0 Å². The summed E-state index contributed by atoms with van der Waals surface area (Å²) in [6, 6.07) is 0. The third-order valence-corrected chi connectivity index (χ3v) is 21.1. The highest BCUT2D eigenvalue weighted by Gasteiger charge is 2.30. The second kappa shape index (κ2) is 70.7. The summed E-state index contributed by atoms with van der Waals surface area (Å²) < 4.78 is 68.7. The molecule has 0 fully saturated rings. The van der Waals surface area contributed by atoms with Gasteiger partial charge in [-0.05, 0) is 37.5 Å². The molecule has 98 heavy (non-hydrogen) atoms. The fourth-order valence-electron chi connectivity index (χ4n) is 12.1. The molecule has 0 aliphatic carbocycles. The Morgan fingerprint density at radius 3 is 0.724 bits per heavy atom. The molecule has 0 bridgehead atoms. The lowest BCUT2D eigenvalue weighted by Crippen LogP contribution is -2.30. The van der Waals surface area contributed by atoms with Gasteiger partial charge in [-0.25, -0.2) is 9.13 Å². The van der Waals surface area contributed by atoms with Gasteiger partial charge in [0.05, 0.1) is 26.4 Å². The van der Waals surface area contributed by atoms with Crippen LogP contribution in [0.15, 0.2) is 0 Å². The van der Waals surface area contributed by atoms with E-state index in [1.54, 1.807) is 0 Å². The maximum absolute atomic E-state index is 13.1. The van der Waals surface area contributed by atoms with Crippen LogP contribution in [0, 0.1) is 11.8 Å². The number of ether oxygens (including phenoxy) is 4. The van der Waals surface area contributed by atoms with Crippen molar-refractivity contribution in [2.24, 2.45) is 11.8 Å². The number of carbonyl (C=O) groups is 4. The van der Waals surface area contributed by atoms with Gasteiger partial charge in [-0.3, -0.25) is 37.3 Å².